The van der Waals surface area contributed by atoms with E-state index in [1.165, 1.54) is 130 Å². The predicted octanol–water partition coefficient (Wildman–Crippen LogP) is 10.4. The molecule has 0 unspecified atom stereocenters. The van der Waals surface area contributed by atoms with E-state index in [1.54, 1.807) is 0 Å². The zero-order valence-electron chi connectivity index (χ0n) is 28.2. The van der Waals surface area contributed by atoms with Crippen LogP contribution in [0.5, 0.6) is 17.2 Å². The molecule has 254 valence electrons. The van der Waals surface area contributed by atoms with Gasteiger partial charge in [-0.25, -0.2) is 0 Å². The molecule has 0 saturated heterocycles. The van der Waals surface area contributed by atoms with Crippen molar-refractivity contribution in [3.05, 3.63) is 88.0 Å². The van der Waals surface area contributed by atoms with E-state index in [0.29, 0.717) is 35.0 Å². The summed E-state index contributed by atoms with van der Waals surface area (Å²) in [6.07, 6.45) is 19.5. The first kappa shape index (κ1) is 37.8. The van der Waals surface area contributed by atoms with Crippen molar-refractivity contribution in [1.29, 1.82) is 0 Å². The van der Waals surface area contributed by atoms with E-state index in [4.69, 9.17) is 14.7 Å². The molecular weight excluding hydrogens is 595 g/mol. The van der Waals surface area contributed by atoms with Crippen LogP contribution in [0.2, 0.25) is 0 Å². The average Bonchev–Trinajstić information content (AvgIpc) is 3.06. The van der Waals surface area contributed by atoms with Gasteiger partial charge in [-0.15, -0.1) is 0 Å². The number of phenols is 3. The Hall–Kier alpha value is -2.63. The lowest BCUT2D eigenvalue weighted by Gasteiger charge is -2.23. The van der Waals surface area contributed by atoms with E-state index in [2.05, 4.69) is 39.0 Å². The van der Waals surface area contributed by atoms with Gasteiger partial charge in [0.25, 0.3) is 0 Å². The third-order valence-electron chi connectivity index (χ3n) is 9.68. The molecule has 0 spiro atoms. The number of rotatable bonds is 3. The normalized spacial score (nSPS) is 17.5. The van der Waals surface area contributed by atoms with Gasteiger partial charge in [-0.2, -0.15) is 0 Å². The standard InChI is InChI=1S/3C13H18O.H3O3P/c3*1-10-7-8-13(14)12(9-10)11-5-3-2-4-6-11;1-4(2)3/h3*7-9,11,14H,2-6H2,1H3;1-3H. The molecule has 6 nitrogen and oxygen atoms in total. The van der Waals surface area contributed by atoms with Crippen molar-refractivity contribution in [2.75, 3.05) is 0 Å². The van der Waals surface area contributed by atoms with Crippen LogP contribution in [0, 0.1) is 20.8 Å². The van der Waals surface area contributed by atoms with Crippen LogP contribution in [-0.4, -0.2) is 30.0 Å². The fourth-order valence-electron chi connectivity index (χ4n) is 7.24. The summed E-state index contributed by atoms with van der Waals surface area (Å²) in [7, 11) is -2.62. The number of aromatic hydroxyl groups is 3. The van der Waals surface area contributed by atoms with E-state index >= 15 is 0 Å². The van der Waals surface area contributed by atoms with Gasteiger partial charge in [-0.05, 0) is 112 Å². The van der Waals surface area contributed by atoms with Gasteiger partial charge < -0.3 is 30.0 Å². The van der Waals surface area contributed by atoms with Crippen LogP contribution >= 0.6 is 8.60 Å². The van der Waals surface area contributed by atoms with Gasteiger partial charge in [0.1, 0.15) is 17.2 Å². The highest BCUT2D eigenvalue weighted by atomic mass is 31.2. The second kappa shape index (κ2) is 19.9. The highest BCUT2D eigenvalue weighted by molar-refractivity contribution is 7.38. The van der Waals surface area contributed by atoms with Gasteiger partial charge in [-0.1, -0.05) is 111 Å². The molecule has 3 aliphatic rings. The van der Waals surface area contributed by atoms with Gasteiger partial charge in [-0.3, -0.25) is 0 Å². The van der Waals surface area contributed by atoms with Crippen LogP contribution in [0.15, 0.2) is 54.6 Å². The molecule has 6 N–H and O–H groups in total. The molecule has 46 heavy (non-hydrogen) atoms. The maximum Gasteiger partial charge on any atom is 0.324 e. The fraction of sp³-hybridized carbons (Fsp3) is 0.538. The van der Waals surface area contributed by atoms with E-state index in [-0.39, 0.29) is 0 Å². The predicted molar refractivity (Wildman–Crippen MR) is 190 cm³/mol. The number of phenolic OH excluding ortho intramolecular Hbond substituents is 3. The van der Waals surface area contributed by atoms with Crippen molar-refractivity contribution < 1.29 is 30.0 Å². The number of hydrogen-bond donors (Lipinski definition) is 6. The number of benzene rings is 3. The Balaban J connectivity index is 0.000000177. The second-order valence-corrected chi connectivity index (χ2v) is 14.0. The monoisotopic (exact) mass is 652 g/mol. The second-order valence-electron chi connectivity index (χ2n) is 13.5. The molecular formula is C39H57O6P. The lowest BCUT2D eigenvalue weighted by molar-refractivity contribution is 0.368. The third-order valence-corrected chi connectivity index (χ3v) is 9.68. The Kier molecular flexibility index (Phi) is 16.4. The van der Waals surface area contributed by atoms with Crippen molar-refractivity contribution in [1.82, 2.24) is 0 Å². The summed E-state index contributed by atoms with van der Waals surface area (Å²) in [4.78, 5) is 21.7. The maximum atomic E-state index is 9.79. The zero-order valence-corrected chi connectivity index (χ0v) is 29.1. The van der Waals surface area contributed by atoms with Crippen molar-refractivity contribution in [2.45, 2.75) is 135 Å². The van der Waals surface area contributed by atoms with Crippen LogP contribution in [0.1, 0.15) is 147 Å². The first-order chi connectivity index (χ1) is 22.0. The molecule has 3 saturated carbocycles. The first-order valence-corrected chi connectivity index (χ1v) is 18.5. The fourth-order valence-corrected chi connectivity index (χ4v) is 7.24. The summed E-state index contributed by atoms with van der Waals surface area (Å²) in [5.41, 5.74) is 7.27. The van der Waals surface area contributed by atoms with Gasteiger partial charge in [0.2, 0.25) is 0 Å². The van der Waals surface area contributed by atoms with Crippen LogP contribution in [0.4, 0.5) is 0 Å². The smallest absolute Gasteiger partial charge is 0.324 e. The molecule has 3 aromatic rings. The quantitative estimate of drug-likeness (QED) is 0.157. The van der Waals surface area contributed by atoms with Crippen LogP contribution in [0.25, 0.3) is 0 Å². The SMILES string of the molecule is Cc1ccc(O)c(C2CCCCC2)c1.Cc1ccc(O)c(C2CCCCC2)c1.Cc1ccc(O)c(C2CCCCC2)c1.OP(O)O. The van der Waals surface area contributed by atoms with E-state index < -0.39 is 8.60 Å². The van der Waals surface area contributed by atoms with Gasteiger partial charge in [0.15, 0.2) is 0 Å². The van der Waals surface area contributed by atoms with Crippen LogP contribution in [-0.2, 0) is 0 Å². The van der Waals surface area contributed by atoms with Crippen molar-refractivity contribution in [3.63, 3.8) is 0 Å². The maximum absolute atomic E-state index is 9.79. The summed E-state index contributed by atoms with van der Waals surface area (Å²) >= 11 is 0. The molecule has 7 heteroatoms. The Labute approximate surface area is 278 Å². The summed E-state index contributed by atoms with van der Waals surface area (Å²) in [5, 5.41) is 29.4. The summed E-state index contributed by atoms with van der Waals surface area (Å²) in [6, 6.07) is 17.9. The third kappa shape index (κ3) is 12.9. The molecule has 3 aromatic carbocycles. The molecule has 0 bridgehead atoms. The zero-order chi connectivity index (χ0) is 33.5. The van der Waals surface area contributed by atoms with Gasteiger partial charge >= 0.3 is 8.60 Å². The first-order valence-electron chi connectivity index (χ1n) is 17.3. The lowest BCUT2D eigenvalue weighted by atomic mass is 9.83. The average molecular weight is 653 g/mol. The molecule has 0 atom stereocenters. The Bertz CT molecular complexity index is 1150. The van der Waals surface area contributed by atoms with E-state index in [0.717, 1.165) is 0 Å². The van der Waals surface area contributed by atoms with Crippen molar-refractivity contribution in [3.8, 4) is 17.2 Å². The Morgan fingerprint density at radius 1 is 0.413 bits per heavy atom. The molecule has 0 aliphatic heterocycles. The molecule has 0 radical (unpaired) electrons. The highest BCUT2D eigenvalue weighted by Gasteiger charge is 2.20. The molecule has 0 amide bonds. The van der Waals surface area contributed by atoms with E-state index in [9.17, 15) is 15.3 Å². The Morgan fingerprint density at radius 3 is 0.848 bits per heavy atom. The topological polar surface area (TPSA) is 121 Å². The van der Waals surface area contributed by atoms with E-state index in [1.807, 2.05) is 36.4 Å². The van der Waals surface area contributed by atoms with Crippen LogP contribution in [0.3, 0.4) is 0 Å². The number of aryl methyl sites for hydroxylation is 3. The summed E-state index contributed by atoms with van der Waals surface area (Å²) in [5.74, 6) is 3.27. The molecule has 3 fully saturated rings. The molecule has 3 aliphatic carbocycles. The molecule has 0 aromatic heterocycles. The summed E-state index contributed by atoms with van der Waals surface area (Å²) < 4.78 is 0. The van der Waals surface area contributed by atoms with Gasteiger partial charge in [0, 0.05) is 0 Å². The molecule has 6 rings (SSSR count). The largest absolute Gasteiger partial charge is 0.508 e. The Morgan fingerprint density at radius 2 is 0.630 bits per heavy atom. The van der Waals surface area contributed by atoms with Gasteiger partial charge in [0.05, 0.1) is 0 Å². The van der Waals surface area contributed by atoms with Crippen molar-refractivity contribution >= 4 is 8.60 Å². The minimum Gasteiger partial charge on any atom is -0.508 e. The minimum atomic E-state index is -2.62. The van der Waals surface area contributed by atoms with Crippen LogP contribution < -0.4 is 0 Å². The van der Waals surface area contributed by atoms with Crippen molar-refractivity contribution in [2.24, 2.45) is 0 Å². The lowest BCUT2D eigenvalue weighted by Crippen LogP contribution is -2.04. The molecule has 0 heterocycles. The number of hydrogen-bond acceptors (Lipinski definition) is 6. The minimum absolute atomic E-state index is 0.488. The summed E-state index contributed by atoms with van der Waals surface area (Å²) in [6.45, 7) is 6.27. The highest BCUT2D eigenvalue weighted by Crippen LogP contribution is 2.39.